The fourth-order valence-corrected chi connectivity index (χ4v) is 5.06. The van der Waals surface area contributed by atoms with Gasteiger partial charge in [0.15, 0.2) is 0 Å². The lowest BCUT2D eigenvalue weighted by Crippen LogP contribution is -2.45. The third-order valence-corrected chi connectivity index (χ3v) is 6.99. The zero-order valence-electron chi connectivity index (χ0n) is 23.3. The van der Waals surface area contributed by atoms with E-state index in [1.165, 1.54) is 7.11 Å². The van der Waals surface area contributed by atoms with E-state index in [1.54, 1.807) is 87.4 Å². The normalized spacial score (nSPS) is 14.3. The van der Waals surface area contributed by atoms with Crippen molar-refractivity contribution in [3.63, 3.8) is 0 Å². The molecule has 0 saturated carbocycles. The van der Waals surface area contributed by atoms with Gasteiger partial charge in [-0.1, -0.05) is 54.6 Å². The number of carboxylic acids is 1. The minimum atomic E-state index is -1.07. The number of methoxy groups -OCH3 is 1. The third kappa shape index (κ3) is 7.22. The van der Waals surface area contributed by atoms with Gasteiger partial charge in [0.1, 0.15) is 17.5 Å². The number of nitrogens with zero attached hydrogens (tertiary/aromatic N) is 4. The number of aromatic nitrogens is 1. The van der Waals surface area contributed by atoms with Crippen LogP contribution < -0.4 is 0 Å². The summed E-state index contributed by atoms with van der Waals surface area (Å²) in [5.74, 6) is -1.54. The molecule has 1 aromatic heterocycles. The number of phenolic OH excluding ortho intramolecular Hbond substituents is 2. The molecule has 2 heterocycles. The van der Waals surface area contributed by atoms with Crippen molar-refractivity contribution in [3.8, 4) is 11.5 Å². The summed E-state index contributed by atoms with van der Waals surface area (Å²) >= 11 is 0. The number of ether oxygens (including phenoxy) is 1. The summed E-state index contributed by atoms with van der Waals surface area (Å²) in [7, 11) is 1.30. The van der Waals surface area contributed by atoms with Gasteiger partial charge < -0.3 is 20.1 Å². The fourth-order valence-electron chi connectivity index (χ4n) is 5.06. The van der Waals surface area contributed by atoms with Gasteiger partial charge in [0.25, 0.3) is 0 Å². The smallest absolute Gasteiger partial charge is 0.319 e. The Kier molecular flexibility index (Phi) is 10.1. The zero-order valence-corrected chi connectivity index (χ0v) is 23.3. The Bertz CT molecular complexity index is 1460. The van der Waals surface area contributed by atoms with Crippen LogP contribution in [0, 0.1) is 6.04 Å². The Balaban J connectivity index is 1.77. The first-order valence-corrected chi connectivity index (χ1v) is 13.3. The Morgan fingerprint density at radius 2 is 1.57 bits per heavy atom. The van der Waals surface area contributed by atoms with Gasteiger partial charge in [0, 0.05) is 30.4 Å². The van der Waals surface area contributed by atoms with Crippen molar-refractivity contribution in [2.45, 2.75) is 12.1 Å². The van der Waals surface area contributed by atoms with Crippen molar-refractivity contribution in [2.75, 3.05) is 33.3 Å². The second-order valence-electron chi connectivity index (χ2n) is 9.68. The van der Waals surface area contributed by atoms with Crippen molar-refractivity contribution in [1.29, 1.82) is 0 Å². The van der Waals surface area contributed by atoms with Gasteiger partial charge in [-0.15, -0.1) is 6.08 Å². The molecule has 0 fully saturated rings. The first kappa shape index (κ1) is 30.0. The van der Waals surface area contributed by atoms with Gasteiger partial charge in [-0.05, 0) is 24.3 Å². The highest BCUT2D eigenvalue weighted by molar-refractivity contribution is 5.71. The van der Waals surface area contributed by atoms with Gasteiger partial charge in [-0.2, -0.15) is 0 Å². The van der Waals surface area contributed by atoms with Crippen LogP contribution in [-0.4, -0.2) is 86.6 Å². The van der Waals surface area contributed by atoms with E-state index in [0.717, 1.165) is 0 Å². The van der Waals surface area contributed by atoms with E-state index in [0.29, 0.717) is 22.9 Å². The Morgan fingerprint density at radius 3 is 2.17 bits per heavy atom. The lowest BCUT2D eigenvalue weighted by Gasteiger charge is -2.38. The van der Waals surface area contributed by atoms with Crippen LogP contribution in [0.15, 0.2) is 97.4 Å². The number of aliphatic carboxylic acids is 1. The van der Waals surface area contributed by atoms with Gasteiger partial charge in [0.2, 0.25) is 0 Å². The summed E-state index contributed by atoms with van der Waals surface area (Å²) in [5, 5.41) is 31.6. The quantitative estimate of drug-likeness (QED) is 0.161. The molecule has 218 valence electrons. The second kappa shape index (κ2) is 14.1. The van der Waals surface area contributed by atoms with Crippen LogP contribution in [0.25, 0.3) is 0 Å². The molecule has 1 aliphatic rings. The molecule has 0 bridgehead atoms. The van der Waals surface area contributed by atoms with Crippen molar-refractivity contribution < 1.29 is 34.2 Å². The number of pyridine rings is 1. The first-order valence-electron chi connectivity index (χ1n) is 13.3. The second-order valence-corrected chi connectivity index (χ2v) is 9.68. The maximum absolute atomic E-state index is 12.7. The molecule has 0 amide bonds. The number of aromatic hydroxyl groups is 2. The number of allylic oxidation sites excluding steroid dienone is 2. The fraction of sp³-hybridized carbons (Fsp3) is 0.219. The number of carbonyl (C=O) groups excluding carboxylic acids is 1. The van der Waals surface area contributed by atoms with Crippen LogP contribution in [0.5, 0.6) is 11.5 Å². The Hall–Kier alpha value is -4.93. The van der Waals surface area contributed by atoms with E-state index in [2.05, 4.69) is 11.7 Å². The van der Waals surface area contributed by atoms with Crippen LogP contribution in [-0.2, 0) is 14.3 Å². The van der Waals surface area contributed by atoms with E-state index in [4.69, 9.17) is 4.74 Å². The molecule has 2 aromatic carbocycles. The van der Waals surface area contributed by atoms with Gasteiger partial charge in [0.05, 0.1) is 50.9 Å². The number of esters is 1. The number of carbonyl (C=O) groups is 2. The largest absolute Gasteiger partial charge is 0.508 e. The molecule has 0 spiro atoms. The average Bonchev–Trinajstić information content (AvgIpc) is 2.98. The van der Waals surface area contributed by atoms with Crippen molar-refractivity contribution >= 4 is 18.7 Å². The maximum atomic E-state index is 12.7. The molecule has 0 aliphatic carbocycles. The van der Waals surface area contributed by atoms with Crippen molar-refractivity contribution in [3.05, 3.63) is 120 Å². The van der Waals surface area contributed by atoms with Gasteiger partial charge in [-0.3, -0.25) is 28.9 Å². The highest BCUT2D eigenvalue weighted by Gasteiger charge is 2.35. The predicted molar refractivity (Wildman–Crippen MR) is 157 cm³/mol. The van der Waals surface area contributed by atoms with E-state index >= 15 is 0 Å². The van der Waals surface area contributed by atoms with Crippen LogP contribution in [0.3, 0.4) is 0 Å². The number of hydrogen-bond donors (Lipinski definition) is 3. The van der Waals surface area contributed by atoms with Crippen molar-refractivity contribution in [1.82, 2.24) is 14.8 Å². The highest BCUT2D eigenvalue weighted by Crippen LogP contribution is 2.38. The summed E-state index contributed by atoms with van der Waals surface area (Å²) in [5.41, 5.74) is 1.62. The summed E-state index contributed by atoms with van der Waals surface area (Å²) in [6.45, 7) is 3.87. The number of hydrogen-bond acceptors (Lipinski definition) is 8. The minimum absolute atomic E-state index is 0.00808. The molecular weight excluding hydrogens is 536 g/mol. The molecule has 10 heteroatoms. The van der Waals surface area contributed by atoms with Crippen LogP contribution in [0.1, 0.15) is 28.9 Å². The zero-order chi connectivity index (χ0) is 30.1. The summed E-state index contributed by atoms with van der Waals surface area (Å²) in [6.07, 6.45) is 8.83. The SMILES string of the molecule is C=[N+]1C=CC=C[C-]1C(c1ccccc1O)N(CCN(CC(=O)OC)[C@H](c1ccccn1)c1ccccc1O)CC(=O)O. The van der Waals surface area contributed by atoms with Gasteiger partial charge in [-0.25, -0.2) is 0 Å². The molecule has 1 unspecified atom stereocenters. The molecule has 1 aliphatic heterocycles. The van der Waals surface area contributed by atoms with Crippen LogP contribution in [0.4, 0.5) is 0 Å². The average molecular weight is 571 g/mol. The number of benzene rings is 2. The lowest BCUT2D eigenvalue weighted by atomic mass is 9.94. The van der Waals surface area contributed by atoms with Gasteiger partial charge >= 0.3 is 11.9 Å². The molecule has 3 aromatic rings. The number of phenols is 2. The molecule has 4 rings (SSSR count). The molecule has 0 saturated heterocycles. The molecule has 3 N–H and O–H groups in total. The van der Waals surface area contributed by atoms with Crippen molar-refractivity contribution in [2.24, 2.45) is 0 Å². The topological polar surface area (TPSA) is 126 Å². The number of para-hydroxylation sites is 2. The highest BCUT2D eigenvalue weighted by atomic mass is 16.5. The standard InChI is InChI=1S/C32H34N4O6/c1-34-18-10-8-14-26(34)32(24-12-4-6-16-28(24)38)35(21-29(39)40)19-20-36(22-30(41)42-2)31(25-13-7-9-17-33-25)23-11-3-5-15-27(23)37/h3-18,31-32,37-38H,1,19-22H2,2H3,(H,39,40)/t31-,32?/m0/s1. The van der Waals surface area contributed by atoms with Crippen LogP contribution >= 0.6 is 0 Å². The Morgan fingerprint density at radius 1 is 0.929 bits per heavy atom. The van der Waals surface area contributed by atoms with E-state index in [9.17, 15) is 24.9 Å². The number of carboxylic acid groups (broad SMARTS) is 1. The molecular formula is C32H34N4O6. The monoisotopic (exact) mass is 570 g/mol. The molecule has 42 heavy (non-hydrogen) atoms. The molecule has 0 radical (unpaired) electrons. The summed E-state index contributed by atoms with van der Waals surface area (Å²) < 4.78 is 6.64. The van der Waals surface area contributed by atoms with E-state index < -0.39 is 24.0 Å². The lowest BCUT2D eigenvalue weighted by molar-refractivity contribution is -0.435. The maximum Gasteiger partial charge on any atom is 0.319 e. The number of rotatable bonds is 13. The minimum Gasteiger partial charge on any atom is -0.508 e. The molecule has 2 atom stereocenters. The van der Waals surface area contributed by atoms with Crippen LogP contribution in [0.2, 0.25) is 0 Å². The molecule has 10 nitrogen and oxygen atoms in total. The predicted octanol–water partition coefficient (Wildman–Crippen LogP) is 3.51. The summed E-state index contributed by atoms with van der Waals surface area (Å²) in [4.78, 5) is 32.9. The van der Waals surface area contributed by atoms with E-state index in [1.807, 2.05) is 24.3 Å². The van der Waals surface area contributed by atoms with E-state index in [-0.39, 0.29) is 37.7 Å². The Labute approximate surface area is 244 Å². The first-order chi connectivity index (χ1) is 20.3. The summed E-state index contributed by atoms with van der Waals surface area (Å²) in [6, 6.07) is 18.3. The third-order valence-electron chi connectivity index (χ3n) is 6.99.